The number of likely N-dealkylation sites (tertiary alicyclic amines) is 1. The van der Waals surface area contributed by atoms with Crippen LogP contribution in [0.15, 0.2) is 18.2 Å². The molecule has 1 atom stereocenters. The SMILES string of the molecule is CNC(=O)CCC1(O)CCCN(C(=O)c2ccc(F)c(F)c2)C1. The molecule has 0 radical (unpaired) electrons. The van der Waals surface area contributed by atoms with Crippen molar-refractivity contribution in [1.82, 2.24) is 10.2 Å². The Labute approximate surface area is 133 Å². The molecular weight excluding hydrogens is 306 g/mol. The van der Waals surface area contributed by atoms with Gasteiger partial charge in [0.25, 0.3) is 5.91 Å². The number of carbonyl (C=O) groups excluding carboxylic acids is 2. The van der Waals surface area contributed by atoms with E-state index in [1.54, 1.807) is 0 Å². The highest BCUT2D eigenvalue weighted by molar-refractivity contribution is 5.94. The predicted octanol–water partition coefficient (Wildman–Crippen LogP) is 1.46. The number of amides is 2. The zero-order valence-corrected chi connectivity index (χ0v) is 12.9. The molecule has 1 aliphatic rings. The maximum atomic E-state index is 13.3. The van der Waals surface area contributed by atoms with Crippen LogP contribution in [0.1, 0.15) is 36.0 Å². The highest BCUT2D eigenvalue weighted by Crippen LogP contribution is 2.27. The first-order valence-electron chi connectivity index (χ1n) is 7.52. The van der Waals surface area contributed by atoms with E-state index in [1.165, 1.54) is 18.0 Å². The molecule has 1 aromatic rings. The van der Waals surface area contributed by atoms with Crippen LogP contribution in [-0.2, 0) is 4.79 Å². The maximum Gasteiger partial charge on any atom is 0.254 e. The summed E-state index contributed by atoms with van der Waals surface area (Å²) in [5.74, 6) is -2.73. The van der Waals surface area contributed by atoms with E-state index in [2.05, 4.69) is 5.32 Å². The van der Waals surface area contributed by atoms with Gasteiger partial charge in [0.1, 0.15) is 0 Å². The second-order valence-corrected chi connectivity index (χ2v) is 5.86. The molecule has 0 spiro atoms. The molecule has 7 heteroatoms. The van der Waals surface area contributed by atoms with Crippen LogP contribution in [0.5, 0.6) is 0 Å². The molecular formula is C16H20F2N2O3. The molecule has 0 aromatic heterocycles. The van der Waals surface area contributed by atoms with Gasteiger partial charge < -0.3 is 15.3 Å². The summed E-state index contributed by atoms with van der Waals surface area (Å²) in [7, 11) is 1.52. The van der Waals surface area contributed by atoms with E-state index < -0.39 is 23.1 Å². The van der Waals surface area contributed by atoms with Gasteiger partial charge in [0, 0.05) is 32.1 Å². The van der Waals surface area contributed by atoms with Gasteiger partial charge in [-0.25, -0.2) is 8.78 Å². The fourth-order valence-corrected chi connectivity index (χ4v) is 2.77. The summed E-state index contributed by atoms with van der Waals surface area (Å²) < 4.78 is 26.2. The first kappa shape index (κ1) is 17.3. The molecule has 1 aliphatic heterocycles. The first-order chi connectivity index (χ1) is 10.8. The van der Waals surface area contributed by atoms with Crippen molar-refractivity contribution >= 4 is 11.8 Å². The number of benzene rings is 1. The van der Waals surface area contributed by atoms with Gasteiger partial charge in [0.05, 0.1) is 5.60 Å². The van der Waals surface area contributed by atoms with Gasteiger partial charge in [0.2, 0.25) is 5.91 Å². The Morgan fingerprint density at radius 2 is 2.09 bits per heavy atom. The summed E-state index contributed by atoms with van der Waals surface area (Å²) in [5.41, 5.74) is -1.10. The van der Waals surface area contributed by atoms with Crippen LogP contribution in [0.3, 0.4) is 0 Å². The number of β-amino-alcohol motifs (C(OH)–C–C–N with tert-alkyl or cyclic N) is 1. The molecule has 1 unspecified atom stereocenters. The minimum Gasteiger partial charge on any atom is -0.388 e. The highest BCUT2D eigenvalue weighted by atomic mass is 19.2. The highest BCUT2D eigenvalue weighted by Gasteiger charge is 2.35. The number of rotatable bonds is 4. The van der Waals surface area contributed by atoms with Crippen molar-refractivity contribution < 1.29 is 23.5 Å². The zero-order valence-electron chi connectivity index (χ0n) is 12.9. The Hall–Kier alpha value is -2.02. The molecule has 1 aromatic carbocycles. The molecule has 1 fully saturated rings. The Balaban J connectivity index is 2.06. The van der Waals surface area contributed by atoms with Crippen LogP contribution in [0, 0.1) is 11.6 Å². The molecule has 1 saturated heterocycles. The van der Waals surface area contributed by atoms with E-state index in [-0.39, 0.29) is 30.9 Å². The number of nitrogens with zero attached hydrogens (tertiary/aromatic N) is 1. The second kappa shape index (κ2) is 7.04. The Bertz CT molecular complexity index is 609. The molecule has 1 heterocycles. The zero-order chi connectivity index (χ0) is 17.0. The molecule has 5 nitrogen and oxygen atoms in total. The van der Waals surface area contributed by atoms with E-state index in [0.29, 0.717) is 19.4 Å². The topological polar surface area (TPSA) is 69.6 Å². The van der Waals surface area contributed by atoms with Crippen LogP contribution in [-0.4, -0.2) is 47.6 Å². The molecule has 0 bridgehead atoms. The predicted molar refractivity (Wildman–Crippen MR) is 79.7 cm³/mol. The summed E-state index contributed by atoms with van der Waals surface area (Å²) in [5, 5.41) is 13.1. The van der Waals surface area contributed by atoms with Crippen molar-refractivity contribution in [3.63, 3.8) is 0 Å². The molecule has 0 aliphatic carbocycles. The van der Waals surface area contributed by atoms with Crippen molar-refractivity contribution in [1.29, 1.82) is 0 Å². The van der Waals surface area contributed by atoms with Gasteiger partial charge in [-0.1, -0.05) is 0 Å². The Morgan fingerprint density at radius 3 is 2.74 bits per heavy atom. The summed E-state index contributed by atoms with van der Waals surface area (Å²) in [6, 6.07) is 2.99. The minimum absolute atomic E-state index is 0.0412. The van der Waals surface area contributed by atoms with Crippen molar-refractivity contribution in [2.24, 2.45) is 0 Å². The van der Waals surface area contributed by atoms with Crippen molar-refractivity contribution in [3.8, 4) is 0 Å². The van der Waals surface area contributed by atoms with Gasteiger partial charge in [0.15, 0.2) is 11.6 Å². The fourth-order valence-electron chi connectivity index (χ4n) is 2.77. The lowest BCUT2D eigenvalue weighted by Gasteiger charge is -2.39. The third-order valence-electron chi connectivity index (χ3n) is 4.11. The summed E-state index contributed by atoms with van der Waals surface area (Å²) in [6.45, 7) is 0.502. The number of piperidine rings is 1. The smallest absolute Gasteiger partial charge is 0.254 e. The lowest BCUT2D eigenvalue weighted by molar-refractivity contribution is -0.122. The number of carbonyl (C=O) groups is 2. The molecule has 0 saturated carbocycles. The standard InChI is InChI=1S/C16H20F2N2O3/c1-19-14(21)5-7-16(23)6-2-8-20(10-16)15(22)11-3-4-12(17)13(18)9-11/h3-4,9,23H,2,5-8,10H2,1H3,(H,19,21). The molecule has 23 heavy (non-hydrogen) atoms. The fraction of sp³-hybridized carbons (Fsp3) is 0.500. The van der Waals surface area contributed by atoms with E-state index in [0.717, 1.165) is 12.1 Å². The van der Waals surface area contributed by atoms with E-state index in [1.807, 2.05) is 0 Å². The average molecular weight is 326 g/mol. The molecule has 2 N–H and O–H groups in total. The molecule has 126 valence electrons. The summed E-state index contributed by atoms with van der Waals surface area (Å²) >= 11 is 0. The van der Waals surface area contributed by atoms with Crippen molar-refractivity contribution in [2.75, 3.05) is 20.1 Å². The van der Waals surface area contributed by atoms with Crippen LogP contribution in [0.4, 0.5) is 8.78 Å². The Kier molecular flexibility index (Phi) is 5.30. The number of nitrogens with one attached hydrogen (secondary N) is 1. The van der Waals surface area contributed by atoms with Gasteiger partial charge in [-0.15, -0.1) is 0 Å². The van der Waals surface area contributed by atoms with E-state index in [4.69, 9.17) is 0 Å². The maximum absolute atomic E-state index is 13.3. The average Bonchev–Trinajstić information content (AvgIpc) is 2.54. The molecule has 2 rings (SSSR count). The number of hydrogen-bond acceptors (Lipinski definition) is 3. The molecule has 2 amide bonds. The van der Waals surface area contributed by atoms with Crippen LogP contribution < -0.4 is 5.32 Å². The Morgan fingerprint density at radius 1 is 1.35 bits per heavy atom. The van der Waals surface area contributed by atoms with Crippen LogP contribution in [0.2, 0.25) is 0 Å². The first-order valence-corrected chi connectivity index (χ1v) is 7.52. The van der Waals surface area contributed by atoms with Crippen molar-refractivity contribution in [2.45, 2.75) is 31.3 Å². The largest absolute Gasteiger partial charge is 0.388 e. The third kappa shape index (κ3) is 4.25. The lowest BCUT2D eigenvalue weighted by Crippen LogP contribution is -2.50. The van der Waals surface area contributed by atoms with Crippen molar-refractivity contribution in [3.05, 3.63) is 35.4 Å². The van der Waals surface area contributed by atoms with Gasteiger partial charge in [-0.3, -0.25) is 9.59 Å². The van der Waals surface area contributed by atoms with Gasteiger partial charge in [-0.05, 0) is 37.5 Å². The summed E-state index contributed by atoms with van der Waals surface area (Å²) in [6.07, 6.45) is 1.49. The normalized spacial score (nSPS) is 21.1. The quantitative estimate of drug-likeness (QED) is 0.880. The van der Waals surface area contributed by atoms with Gasteiger partial charge in [-0.2, -0.15) is 0 Å². The van der Waals surface area contributed by atoms with Crippen LogP contribution >= 0.6 is 0 Å². The number of hydrogen-bond donors (Lipinski definition) is 2. The lowest BCUT2D eigenvalue weighted by atomic mass is 9.88. The number of aliphatic hydroxyl groups is 1. The number of halogens is 2. The summed E-state index contributed by atoms with van der Waals surface area (Å²) in [4.78, 5) is 25.1. The van der Waals surface area contributed by atoms with E-state index >= 15 is 0 Å². The monoisotopic (exact) mass is 326 g/mol. The third-order valence-corrected chi connectivity index (χ3v) is 4.11. The van der Waals surface area contributed by atoms with Crippen LogP contribution in [0.25, 0.3) is 0 Å². The van der Waals surface area contributed by atoms with E-state index in [9.17, 15) is 23.5 Å². The second-order valence-electron chi connectivity index (χ2n) is 5.86. The van der Waals surface area contributed by atoms with Gasteiger partial charge >= 0.3 is 0 Å². The minimum atomic E-state index is -1.14.